The first kappa shape index (κ1) is 28.1. The van der Waals surface area contributed by atoms with Crippen LogP contribution in [0, 0.1) is 11.8 Å². The van der Waals surface area contributed by atoms with Crippen LogP contribution in [0.3, 0.4) is 0 Å². The van der Waals surface area contributed by atoms with Crippen LogP contribution in [-0.4, -0.2) is 23.1 Å². The summed E-state index contributed by atoms with van der Waals surface area (Å²) in [7, 11) is 0. The Morgan fingerprint density at radius 2 is 1.62 bits per heavy atom. The summed E-state index contributed by atoms with van der Waals surface area (Å²) in [5.41, 5.74) is 2.39. The van der Waals surface area contributed by atoms with Gasteiger partial charge in [-0.15, -0.1) is 0 Å². The first-order valence-electron chi connectivity index (χ1n) is 12.8. The fourth-order valence-electron chi connectivity index (χ4n) is 5.03. The molecule has 0 fully saturated rings. The first-order valence-corrected chi connectivity index (χ1v) is 12.8. The monoisotopic (exact) mass is 472 g/mol. The highest BCUT2D eigenvalue weighted by molar-refractivity contribution is 5.74. The van der Waals surface area contributed by atoms with E-state index in [1.807, 2.05) is 25.1 Å². The molecule has 0 bridgehead atoms. The molecule has 0 saturated carbocycles. The van der Waals surface area contributed by atoms with E-state index in [2.05, 4.69) is 34.6 Å². The first-order chi connectivity index (χ1) is 15.9. The van der Waals surface area contributed by atoms with Crippen LogP contribution < -0.4 is 9.47 Å². The topological polar surface area (TPSA) is 72.8 Å². The molecule has 1 aliphatic rings. The van der Waals surface area contributed by atoms with Gasteiger partial charge in [-0.3, -0.25) is 9.59 Å². The van der Waals surface area contributed by atoms with E-state index < -0.39 is 18.0 Å². The lowest BCUT2D eigenvalue weighted by atomic mass is 9.70. The molecule has 0 heterocycles. The van der Waals surface area contributed by atoms with Gasteiger partial charge in [0.2, 0.25) is 0 Å². The molecule has 0 aliphatic heterocycles. The van der Waals surface area contributed by atoms with Crippen LogP contribution in [0.1, 0.15) is 111 Å². The molecule has 1 aromatic rings. The molecule has 1 aromatic carbocycles. The van der Waals surface area contributed by atoms with E-state index in [1.54, 1.807) is 0 Å². The zero-order valence-electron chi connectivity index (χ0n) is 22.4. The Morgan fingerprint density at radius 1 is 1.06 bits per heavy atom. The van der Waals surface area contributed by atoms with Gasteiger partial charge in [0.15, 0.2) is 0 Å². The maximum absolute atomic E-state index is 12.1. The fourth-order valence-corrected chi connectivity index (χ4v) is 5.03. The molecule has 1 N–H and O–H groups in total. The van der Waals surface area contributed by atoms with E-state index in [1.165, 1.54) is 33.1 Å². The van der Waals surface area contributed by atoms with Crippen LogP contribution in [-0.2, 0) is 15.0 Å². The second-order valence-corrected chi connectivity index (χ2v) is 10.9. The average molecular weight is 473 g/mol. The minimum absolute atomic E-state index is 0.107. The molecule has 190 valence electrons. The molecule has 0 radical (unpaired) electrons. The summed E-state index contributed by atoms with van der Waals surface area (Å²) in [5, 5.41) is 10.5. The van der Waals surface area contributed by atoms with E-state index in [-0.39, 0.29) is 23.2 Å². The largest absolute Gasteiger partial charge is 0.426 e. The molecule has 0 aromatic heterocycles. The van der Waals surface area contributed by atoms with Crippen LogP contribution in [0.5, 0.6) is 11.5 Å². The standard InChI is InChI=1S/C29H44O5/c1-9-10-11-12-13-29(7,8)22-15-26(33-20(5)30)28(27(16-22)34-21(6)31)24-14-19(4)25(32)17-23(24)18(2)3/h14-16,18,23-25,32H,9-13,17H2,1-8H3/t23-,24?,25?/m0/s1. The molecule has 0 spiro atoms. The summed E-state index contributed by atoms with van der Waals surface area (Å²) in [5.74, 6) is 0.298. The lowest BCUT2D eigenvalue weighted by Crippen LogP contribution is -2.30. The molecule has 0 saturated heterocycles. The maximum atomic E-state index is 12.1. The van der Waals surface area contributed by atoms with Gasteiger partial charge in [-0.2, -0.15) is 0 Å². The normalized spacial score (nSPS) is 20.8. The van der Waals surface area contributed by atoms with Crippen LogP contribution in [0.4, 0.5) is 0 Å². The number of unbranched alkanes of at least 4 members (excludes halogenated alkanes) is 3. The van der Waals surface area contributed by atoms with Crippen LogP contribution >= 0.6 is 0 Å². The van der Waals surface area contributed by atoms with Crippen LogP contribution in [0.15, 0.2) is 23.8 Å². The van der Waals surface area contributed by atoms with Crippen molar-refractivity contribution in [1.29, 1.82) is 0 Å². The van der Waals surface area contributed by atoms with Crippen molar-refractivity contribution < 1.29 is 24.2 Å². The molecular weight excluding hydrogens is 428 g/mol. The van der Waals surface area contributed by atoms with E-state index >= 15 is 0 Å². The average Bonchev–Trinajstić information content (AvgIpc) is 2.72. The Bertz CT molecular complexity index is 859. The van der Waals surface area contributed by atoms with Crippen molar-refractivity contribution in [3.8, 4) is 11.5 Å². The number of hydrogen-bond donors (Lipinski definition) is 1. The molecule has 5 nitrogen and oxygen atoms in total. The van der Waals surface area contributed by atoms with Crippen molar-refractivity contribution in [1.82, 2.24) is 0 Å². The second-order valence-electron chi connectivity index (χ2n) is 10.9. The number of aliphatic hydroxyl groups excluding tert-OH is 1. The molecule has 0 amide bonds. The number of carbonyl (C=O) groups excluding carboxylic acids is 2. The van der Waals surface area contributed by atoms with E-state index in [0.29, 0.717) is 23.5 Å². The number of allylic oxidation sites excluding steroid dienone is 1. The number of esters is 2. The zero-order valence-corrected chi connectivity index (χ0v) is 22.4. The van der Waals surface area contributed by atoms with Gasteiger partial charge in [0.05, 0.1) is 6.10 Å². The third kappa shape index (κ3) is 7.18. The Balaban J connectivity index is 2.68. The molecular formula is C29H44O5. The van der Waals surface area contributed by atoms with Gasteiger partial charge in [-0.1, -0.05) is 66.4 Å². The summed E-state index contributed by atoms with van der Waals surface area (Å²) < 4.78 is 11.5. The fraction of sp³-hybridized carbons (Fsp3) is 0.655. The quantitative estimate of drug-likeness (QED) is 0.174. The van der Waals surface area contributed by atoms with Gasteiger partial charge in [0, 0.05) is 25.3 Å². The lowest BCUT2D eigenvalue weighted by Gasteiger charge is -2.37. The smallest absolute Gasteiger partial charge is 0.308 e. The van der Waals surface area contributed by atoms with E-state index in [9.17, 15) is 14.7 Å². The van der Waals surface area contributed by atoms with Gasteiger partial charge in [-0.25, -0.2) is 0 Å². The molecule has 2 rings (SSSR count). The van der Waals surface area contributed by atoms with Gasteiger partial charge < -0.3 is 14.6 Å². The summed E-state index contributed by atoms with van der Waals surface area (Å²) in [4.78, 5) is 24.3. The molecule has 3 atom stereocenters. The highest BCUT2D eigenvalue weighted by Crippen LogP contribution is 2.49. The molecule has 34 heavy (non-hydrogen) atoms. The Morgan fingerprint density at radius 3 is 2.09 bits per heavy atom. The molecule has 1 aliphatic carbocycles. The third-order valence-electron chi connectivity index (χ3n) is 7.16. The molecule has 2 unspecified atom stereocenters. The van der Waals surface area contributed by atoms with Crippen LogP contribution in [0.25, 0.3) is 0 Å². The number of aliphatic hydroxyl groups is 1. The maximum Gasteiger partial charge on any atom is 0.308 e. The van der Waals surface area contributed by atoms with Crippen LogP contribution in [0.2, 0.25) is 0 Å². The summed E-state index contributed by atoms with van der Waals surface area (Å²) in [6, 6.07) is 3.91. The number of rotatable bonds is 10. The SMILES string of the molecule is CCCCCCC(C)(C)c1cc(OC(C)=O)c(C2C=C(C)C(O)C[C@H]2C(C)C)c(OC(C)=O)c1. The van der Waals surface area contributed by atoms with Crippen molar-refractivity contribution in [3.05, 3.63) is 34.9 Å². The van der Waals surface area contributed by atoms with Gasteiger partial charge in [0.1, 0.15) is 11.5 Å². The highest BCUT2D eigenvalue weighted by atomic mass is 16.5. The van der Waals surface area contributed by atoms with E-state index in [4.69, 9.17) is 9.47 Å². The van der Waals surface area contributed by atoms with Crippen molar-refractivity contribution in [2.24, 2.45) is 11.8 Å². The molecule has 5 heteroatoms. The van der Waals surface area contributed by atoms with Gasteiger partial charge >= 0.3 is 11.9 Å². The lowest BCUT2D eigenvalue weighted by molar-refractivity contribution is -0.132. The van der Waals surface area contributed by atoms with Gasteiger partial charge in [0.25, 0.3) is 0 Å². The summed E-state index contributed by atoms with van der Waals surface area (Å²) in [6.07, 6.45) is 7.80. The van der Waals surface area contributed by atoms with Crippen molar-refractivity contribution in [2.45, 2.75) is 111 Å². The number of carbonyl (C=O) groups is 2. The second kappa shape index (κ2) is 12.0. The predicted molar refractivity (Wildman–Crippen MR) is 136 cm³/mol. The number of hydrogen-bond acceptors (Lipinski definition) is 5. The zero-order chi connectivity index (χ0) is 25.6. The third-order valence-corrected chi connectivity index (χ3v) is 7.16. The Hall–Kier alpha value is -2.14. The predicted octanol–water partition coefficient (Wildman–Crippen LogP) is 6.85. The van der Waals surface area contributed by atoms with Crippen molar-refractivity contribution in [3.63, 3.8) is 0 Å². The van der Waals surface area contributed by atoms with Crippen molar-refractivity contribution in [2.75, 3.05) is 0 Å². The van der Waals surface area contributed by atoms with Gasteiger partial charge in [-0.05, 0) is 60.3 Å². The minimum Gasteiger partial charge on any atom is -0.426 e. The number of benzene rings is 1. The highest BCUT2D eigenvalue weighted by Gasteiger charge is 2.37. The van der Waals surface area contributed by atoms with E-state index in [0.717, 1.165) is 24.0 Å². The van der Waals surface area contributed by atoms with Crippen molar-refractivity contribution >= 4 is 11.9 Å². The summed E-state index contributed by atoms with van der Waals surface area (Å²) >= 11 is 0. The Kier molecular flexibility index (Phi) is 9.93. The Labute approximate surface area is 205 Å². The minimum atomic E-state index is -0.501. The summed E-state index contributed by atoms with van der Waals surface area (Å²) in [6.45, 7) is 15.5. The number of ether oxygens (including phenoxy) is 2.